The predicted molar refractivity (Wildman–Crippen MR) is 109 cm³/mol. The first-order chi connectivity index (χ1) is 13.0. The molecular formula is C23H18ClNO2. The lowest BCUT2D eigenvalue weighted by Crippen LogP contribution is -1.97. The maximum Gasteiger partial charge on any atom is 0.335 e. The van der Waals surface area contributed by atoms with E-state index in [4.69, 9.17) is 16.7 Å². The second kappa shape index (κ2) is 6.93. The van der Waals surface area contributed by atoms with Gasteiger partial charge in [-0.2, -0.15) is 0 Å². The number of aromatic carboxylic acids is 1. The van der Waals surface area contributed by atoms with Gasteiger partial charge in [-0.15, -0.1) is 0 Å². The van der Waals surface area contributed by atoms with Gasteiger partial charge < -0.3 is 9.51 Å². The minimum Gasteiger partial charge on any atom is -0.478 e. The maximum atomic E-state index is 11.1. The molecule has 0 radical (unpaired) electrons. The number of rotatable bonds is 4. The monoisotopic (exact) mass is 375 g/mol. The van der Waals surface area contributed by atoms with Crippen LogP contribution < -0.4 is 0 Å². The van der Waals surface area contributed by atoms with E-state index in [9.17, 15) is 4.79 Å². The molecule has 2 heterocycles. The Hall–Kier alpha value is -3.04. The van der Waals surface area contributed by atoms with Gasteiger partial charge in [0.2, 0.25) is 0 Å². The second-order valence-corrected chi connectivity index (χ2v) is 7.01. The van der Waals surface area contributed by atoms with Crippen molar-refractivity contribution in [2.75, 3.05) is 0 Å². The number of halogens is 1. The van der Waals surface area contributed by atoms with Crippen molar-refractivity contribution in [1.29, 1.82) is 0 Å². The Kier molecular flexibility index (Phi) is 4.46. The van der Waals surface area contributed by atoms with Crippen LogP contribution in [0.4, 0.5) is 0 Å². The third kappa shape index (κ3) is 3.22. The quantitative estimate of drug-likeness (QED) is 0.485. The lowest BCUT2D eigenvalue weighted by Gasteiger charge is -2.08. The zero-order valence-corrected chi connectivity index (χ0v) is 15.6. The van der Waals surface area contributed by atoms with Gasteiger partial charge in [0.25, 0.3) is 0 Å². The number of fused-ring (bicyclic) bond motifs is 1. The highest BCUT2D eigenvalue weighted by atomic mass is 35.5. The number of hydrogen-bond donors (Lipinski definition) is 1. The van der Waals surface area contributed by atoms with E-state index in [-0.39, 0.29) is 5.56 Å². The van der Waals surface area contributed by atoms with Gasteiger partial charge >= 0.3 is 5.97 Å². The average molecular weight is 376 g/mol. The van der Waals surface area contributed by atoms with Crippen molar-refractivity contribution < 1.29 is 9.90 Å². The number of carboxylic acids is 1. The van der Waals surface area contributed by atoms with Gasteiger partial charge in [0.05, 0.1) is 11.1 Å². The van der Waals surface area contributed by atoms with Gasteiger partial charge in [0, 0.05) is 28.9 Å². The number of carboxylic acid groups (broad SMARTS) is 1. The Morgan fingerprint density at radius 1 is 1.04 bits per heavy atom. The van der Waals surface area contributed by atoms with E-state index in [2.05, 4.69) is 29.5 Å². The summed E-state index contributed by atoms with van der Waals surface area (Å²) in [6.45, 7) is 2.07. The van der Waals surface area contributed by atoms with E-state index in [1.807, 2.05) is 42.6 Å². The fourth-order valence-electron chi connectivity index (χ4n) is 3.45. The van der Waals surface area contributed by atoms with E-state index < -0.39 is 5.97 Å². The molecule has 0 fully saturated rings. The standard InChI is InChI=1S/C23H18ClNO2/c1-15-5-4-6-21(24)19(15)13-18-14-20(22-7-2-3-12-25(18)22)16-8-10-17(11-9-16)23(26)27/h2-12,14H,13H2,1H3,(H,26,27). The lowest BCUT2D eigenvalue weighted by molar-refractivity contribution is 0.0697. The van der Waals surface area contributed by atoms with Gasteiger partial charge in [-0.1, -0.05) is 41.9 Å². The van der Waals surface area contributed by atoms with Crippen LogP contribution in [-0.2, 0) is 6.42 Å². The number of aromatic nitrogens is 1. The van der Waals surface area contributed by atoms with Crippen LogP contribution in [0.15, 0.2) is 72.9 Å². The fraction of sp³-hybridized carbons (Fsp3) is 0.0870. The normalized spacial score (nSPS) is 11.0. The van der Waals surface area contributed by atoms with E-state index in [1.165, 1.54) is 5.56 Å². The predicted octanol–water partition coefficient (Wildman–Crippen LogP) is 5.86. The molecule has 0 bridgehead atoms. The molecule has 0 unspecified atom stereocenters. The van der Waals surface area contributed by atoms with Gasteiger partial charge in [-0.25, -0.2) is 4.79 Å². The van der Waals surface area contributed by atoms with Crippen LogP contribution in [0, 0.1) is 6.92 Å². The van der Waals surface area contributed by atoms with Gasteiger partial charge in [-0.05, 0) is 60.0 Å². The first-order valence-electron chi connectivity index (χ1n) is 8.71. The maximum absolute atomic E-state index is 11.1. The first-order valence-corrected chi connectivity index (χ1v) is 9.09. The molecular weight excluding hydrogens is 358 g/mol. The molecule has 0 aliphatic heterocycles. The Morgan fingerprint density at radius 2 is 1.81 bits per heavy atom. The Bertz CT molecular complexity index is 1120. The van der Waals surface area contributed by atoms with Crippen molar-refractivity contribution in [3.8, 4) is 11.1 Å². The number of hydrogen-bond acceptors (Lipinski definition) is 1. The van der Waals surface area contributed by atoms with Gasteiger partial charge in [0.15, 0.2) is 0 Å². The molecule has 0 saturated carbocycles. The van der Waals surface area contributed by atoms with Crippen LogP contribution in [0.5, 0.6) is 0 Å². The van der Waals surface area contributed by atoms with Crippen molar-refractivity contribution in [2.24, 2.45) is 0 Å². The van der Waals surface area contributed by atoms with E-state index in [1.54, 1.807) is 12.1 Å². The molecule has 2 aromatic heterocycles. The number of carbonyl (C=O) groups is 1. The number of aryl methyl sites for hydroxylation is 1. The van der Waals surface area contributed by atoms with Crippen molar-refractivity contribution in [3.05, 3.63) is 100 Å². The summed E-state index contributed by atoms with van der Waals surface area (Å²) in [5, 5.41) is 9.89. The molecule has 0 amide bonds. The zero-order valence-electron chi connectivity index (χ0n) is 14.8. The smallest absolute Gasteiger partial charge is 0.335 e. The molecule has 0 aliphatic rings. The molecule has 4 aromatic rings. The second-order valence-electron chi connectivity index (χ2n) is 6.60. The number of pyridine rings is 1. The molecule has 4 rings (SSSR count). The largest absolute Gasteiger partial charge is 0.478 e. The summed E-state index contributed by atoms with van der Waals surface area (Å²) >= 11 is 6.44. The summed E-state index contributed by atoms with van der Waals surface area (Å²) in [4.78, 5) is 11.1. The summed E-state index contributed by atoms with van der Waals surface area (Å²) in [5.74, 6) is -0.918. The third-order valence-electron chi connectivity index (χ3n) is 4.91. The van der Waals surface area contributed by atoms with Crippen molar-refractivity contribution in [3.63, 3.8) is 0 Å². The minimum atomic E-state index is -0.918. The van der Waals surface area contributed by atoms with Gasteiger partial charge in [0.1, 0.15) is 0 Å². The van der Waals surface area contributed by atoms with Crippen molar-refractivity contribution in [2.45, 2.75) is 13.3 Å². The summed E-state index contributed by atoms with van der Waals surface area (Å²) in [7, 11) is 0. The van der Waals surface area contributed by atoms with E-state index in [0.29, 0.717) is 0 Å². The minimum absolute atomic E-state index is 0.286. The van der Waals surface area contributed by atoms with Crippen molar-refractivity contribution >= 4 is 23.1 Å². The molecule has 0 aliphatic carbocycles. The van der Waals surface area contributed by atoms with E-state index in [0.717, 1.165) is 39.3 Å². The zero-order chi connectivity index (χ0) is 19.0. The molecule has 3 nitrogen and oxygen atoms in total. The number of benzene rings is 2. The summed E-state index contributed by atoms with van der Waals surface area (Å²) < 4.78 is 2.17. The summed E-state index contributed by atoms with van der Waals surface area (Å²) in [6.07, 6.45) is 2.77. The Morgan fingerprint density at radius 3 is 2.52 bits per heavy atom. The van der Waals surface area contributed by atoms with E-state index >= 15 is 0 Å². The molecule has 0 spiro atoms. The Balaban J connectivity index is 1.83. The average Bonchev–Trinajstić information content (AvgIpc) is 3.04. The number of nitrogens with zero attached hydrogens (tertiary/aromatic N) is 1. The van der Waals surface area contributed by atoms with Crippen LogP contribution in [0.3, 0.4) is 0 Å². The van der Waals surface area contributed by atoms with Crippen molar-refractivity contribution in [1.82, 2.24) is 4.40 Å². The van der Waals surface area contributed by atoms with Gasteiger partial charge in [-0.3, -0.25) is 0 Å². The lowest BCUT2D eigenvalue weighted by atomic mass is 10.0. The van der Waals surface area contributed by atoms with Crippen LogP contribution in [0.1, 0.15) is 27.2 Å². The summed E-state index contributed by atoms with van der Waals surface area (Å²) in [6, 6.07) is 21.2. The fourth-order valence-corrected chi connectivity index (χ4v) is 3.74. The van der Waals surface area contributed by atoms with Crippen LogP contribution >= 0.6 is 11.6 Å². The molecule has 27 heavy (non-hydrogen) atoms. The molecule has 4 heteroatoms. The van der Waals surface area contributed by atoms with Crippen LogP contribution in [0.2, 0.25) is 5.02 Å². The summed E-state index contributed by atoms with van der Waals surface area (Å²) in [5.41, 5.74) is 6.86. The third-order valence-corrected chi connectivity index (χ3v) is 5.26. The highest BCUT2D eigenvalue weighted by Crippen LogP contribution is 2.31. The highest BCUT2D eigenvalue weighted by molar-refractivity contribution is 6.31. The molecule has 134 valence electrons. The molecule has 1 N–H and O–H groups in total. The van der Waals surface area contributed by atoms with Crippen LogP contribution in [-0.4, -0.2) is 15.5 Å². The topological polar surface area (TPSA) is 41.7 Å². The van der Waals surface area contributed by atoms with Crippen LogP contribution in [0.25, 0.3) is 16.6 Å². The molecule has 0 saturated heterocycles. The molecule has 0 atom stereocenters. The SMILES string of the molecule is Cc1cccc(Cl)c1Cc1cc(-c2ccc(C(=O)O)cc2)c2ccccn12. The Labute approximate surface area is 162 Å². The first kappa shape index (κ1) is 17.4. The highest BCUT2D eigenvalue weighted by Gasteiger charge is 2.14. The molecule has 2 aromatic carbocycles.